The lowest BCUT2D eigenvalue weighted by molar-refractivity contribution is 0.362. The van der Waals surface area contributed by atoms with Crippen molar-refractivity contribution in [2.24, 2.45) is 0 Å². The number of hydrogen-bond donors (Lipinski definition) is 2. The molecule has 0 saturated heterocycles. The Morgan fingerprint density at radius 3 is 2.24 bits per heavy atom. The fraction of sp³-hybridized carbons (Fsp3) is 0.444. The van der Waals surface area contributed by atoms with Gasteiger partial charge in [-0.3, -0.25) is 4.90 Å². The predicted octanol–water partition coefficient (Wildman–Crippen LogP) is 3.98. The van der Waals surface area contributed by atoms with Gasteiger partial charge in [-0.25, -0.2) is 0 Å². The van der Waals surface area contributed by atoms with Gasteiger partial charge in [0.05, 0.1) is 0 Å². The van der Waals surface area contributed by atoms with Crippen molar-refractivity contribution >= 4 is 11.4 Å². The van der Waals surface area contributed by atoms with E-state index in [1.54, 1.807) is 6.07 Å². The van der Waals surface area contributed by atoms with Crippen molar-refractivity contribution in [3.8, 4) is 0 Å². The Bertz CT molecular complexity index is 491. The molecule has 0 unspecified atom stereocenters. The van der Waals surface area contributed by atoms with Crippen LogP contribution in [0.15, 0.2) is 41.5 Å². The highest BCUT2D eigenvalue weighted by Gasteiger charge is 2.01. The van der Waals surface area contributed by atoms with Gasteiger partial charge in [0, 0.05) is 24.5 Å². The van der Waals surface area contributed by atoms with E-state index in [1.807, 2.05) is 12.1 Å². The average molecular weight is 287 g/mol. The molecule has 3 heteroatoms. The lowest BCUT2D eigenvalue weighted by atomic mass is 10.1. The molecular weight excluding hydrogens is 258 g/mol. The van der Waals surface area contributed by atoms with E-state index in [1.165, 1.54) is 11.1 Å². The van der Waals surface area contributed by atoms with E-state index in [0.29, 0.717) is 0 Å². The molecule has 0 aliphatic carbocycles. The van der Waals surface area contributed by atoms with Crippen LogP contribution in [0.25, 0.3) is 0 Å². The van der Waals surface area contributed by atoms with Gasteiger partial charge in [-0.05, 0) is 64.4 Å². The zero-order valence-electron chi connectivity index (χ0n) is 13.8. The van der Waals surface area contributed by atoms with E-state index in [-0.39, 0.29) is 0 Å². The first-order valence-corrected chi connectivity index (χ1v) is 7.49. The average Bonchev–Trinajstić information content (AvgIpc) is 2.34. The third-order valence-electron chi connectivity index (χ3n) is 3.33. The van der Waals surface area contributed by atoms with Crippen LogP contribution in [0.3, 0.4) is 0 Å². The van der Waals surface area contributed by atoms with Gasteiger partial charge in [-0.2, -0.15) is 0 Å². The molecule has 0 heterocycles. The van der Waals surface area contributed by atoms with Crippen molar-refractivity contribution in [3.63, 3.8) is 0 Å². The van der Waals surface area contributed by atoms with Crippen LogP contribution in [-0.4, -0.2) is 18.5 Å². The standard InChI is InChI=1S/C18H29N3/c1-14(2)6-5-7-15(3)8-9-21(4)13-16-10-17(19)12-18(20)11-16/h6,8,10-12H,5,7,9,13,19-20H2,1-4H3/b15-8+. The maximum atomic E-state index is 5.82. The number of allylic oxidation sites excluding steroid dienone is 3. The van der Waals surface area contributed by atoms with Crippen molar-refractivity contribution in [1.29, 1.82) is 0 Å². The van der Waals surface area contributed by atoms with Crippen LogP contribution >= 0.6 is 0 Å². The monoisotopic (exact) mass is 287 g/mol. The molecular formula is C18H29N3. The summed E-state index contributed by atoms with van der Waals surface area (Å²) in [6, 6.07) is 5.76. The molecule has 0 aromatic heterocycles. The van der Waals surface area contributed by atoms with E-state index in [0.717, 1.165) is 42.9 Å². The fourth-order valence-electron chi connectivity index (χ4n) is 2.22. The van der Waals surface area contributed by atoms with Crippen LogP contribution in [0.1, 0.15) is 39.2 Å². The summed E-state index contributed by atoms with van der Waals surface area (Å²) in [5.74, 6) is 0. The minimum atomic E-state index is 0.729. The first-order chi connectivity index (χ1) is 9.86. The summed E-state index contributed by atoms with van der Waals surface area (Å²) in [5, 5.41) is 0. The second-order valence-electron chi connectivity index (χ2n) is 6.08. The van der Waals surface area contributed by atoms with Crippen LogP contribution in [0, 0.1) is 0 Å². The largest absolute Gasteiger partial charge is 0.399 e. The zero-order valence-corrected chi connectivity index (χ0v) is 13.8. The number of nitrogens with zero attached hydrogens (tertiary/aromatic N) is 1. The zero-order chi connectivity index (χ0) is 15.8. The molecule has 1 aromatic rings. The van der Waals surface area contributed by atoms with E-state index in [2.05, 4.69) is 44.9 Å². The molecule has 0 aliphatic rings. The molecule has 0 fully saturated rings. The van der Waals surface area contributed by atoms with Gasteiger partial charge >= 0.3 is 0 Å². The Morgan fingerprint density at radius 2 is 1.67 bits per heavy atom. The van der Waals surface area contributed by atoms with Gasteiger partial charge in [0.2, 0.25) is 0 Å². The molecule has 4 N–H and O–H groups in total. The van der Waals surface area contributed by atoms with E-state index < -0.39 is 0 Å². The topological polar surface area (TPSA) is 55.3 Å². The normalized spacial score (nSPS) is 11.8. The second kappa shape index (κ2) is 8.53. The summed E-state index contributed by atoms with van der Waals surface area (Å²) >= 11 is 0. The lowest BCUT2D eigenvalue weighted by Crippen LogP contribution is -2.18. The third kappa shape index (κ3) is 7.57. The minimum Gasteiger partial charge on any atom is -0.399 e. The molecule has 0 spiro atoms. The van der Waals surface area contributed by atoms with Crippen LogP contribution in [0.2, 0.25) is 0 Å². The molecule has 0 amide bonds. The Hall–Kier alpha value is -1.74. The van der Waals surface area contributed by atoms with Crippen LogP contribution in [0.5, 0.6) is 0 Å². The SMILES string of the molecule is CC(C)=CCC/C(C)=C/CN(C)Cc1cc(N)cc(N)c1. The molecule has 0 bridgehead atoms. The molecule has 3 nitrogen and oxygen atoms in total. The molecule has 1 aromatic carbocycles. The van der Waals surface area contributed by atoms with Gasteiger partial charge < -0.3 is 11.5 Å². The van der Waals surface area contributed by atoms with Crippen LogP contribution in [-0.2, 0) is 6.54 Å². The van der Waals surface area contributed by atoms with Crippen molar-refractivity contribution in [3.05, 3.63) is 47.1 Å². The molecule has 0 saturated carbocycles. The first kappa shape index (κ1) is 17.3. The van der Waals surface area contributed by atoms with E-state index in [9.17, 15) is 0 Å². The molecule has 116 valence electrons. The van der Waals surface area contributed by atoms with Gasteiger partial charge in [-0.15, -0.1) is 0 Å². The van der Waals surface area contributed by atoms with Gasteiger partial charge in [0.15, 0.2) is 0 Å². The summed E-state index contributed by atoms with van der Waals surface area (Å²) < 4.78 is 0. The Balaban J connectivity index is 2.45. The predicted molar refractivity (Wildman–Crippen MR) is 94.0 cm³/mol. The number of benzene rings is 1. The quantitative estimate of drug-likeness (QED) is 0.589. The number of nitrogen functional groups attached to an aromatic ring is 2. The van der Waals surface area contributed by atoms with Gasteiger partial charge in [0.25, 0.3) is 0 Å². The lowest BCUT2D eigenvalue weighted by Gasteiger charge is -2.16. The number of nitrogens with two attached hydrogens (primary N) is 2. The van der Waals surface area contributed by atoms with Crippen molar-refractivity contribution < 1.29 is 0 Å². The van der Waals surface area contributed by atoms with Gasteiger partial charge in [0.1, 0.15) is 0 Å². The number of likely N-dealkylation sites (N-methyl/N-ethyl adjacent to an activating group) is 1. The Morgan fingerprint density at radius 1 is 1.05 bits per heavy atom. The highest BCUT2D eigenvalue weighted by Crippen LogP contribution is 2.15. The molecule has 0 aliphatic heterocycles. The summed E-state index contributed by atoms with van der Waals surface area (Å²) in [6.45, 7) is 8.28. The highest BCUT2D eigenvalue weighted by molar-refractivity contribution is 5.54. The number of hydrogen-bond acceptors (Lipinski definition) is 3. The fourth-order valence-corrected chi connectivity index (χ4v) is 2.22. The van der Waals surface area contributed by atoms with Crippen molar-refractivity contribution in [2.45, 2.75) is 40.2 Å². The summed E-state index contributed by atoms with van der Waals surface area (Å²) in [5.41, 5.74) is 17.1. The maximum absolute atomic E-state index is 5.82. The van der Waals surface area contributed by atoms with Crippen molar-refractivity contribution in [2.75, 3.05) is 25.1 Å². The molecule has 0 atom stereocenters. The smallest absolute Gasteiger partial charge is 0.0337 e. The molecule has 1 rings (SSSR count). The number of anilines is 2. The second-order valence-corrected chi connectivity index (χ2v) is 6.08. The maximum Gasteiger partial charge on any atom is 0.0337 e. The summed E-state index contributed by atoms with van der Waals surface area (Å²) in [6.07, 6.45) is 6.84. The van der Waals surface area contributed by atoms with Gasteiger partial charge in [-0.1, -0.05) is 23.3 Å². The van der Waals surface area contributed by atoms with Crippen LogP contribution < -0.4 is 11.5 Å². The summed E-state index contributed by atoms with van der Waals surface area (Å²) in [7, 11) is 2.11. The summed E-state index contributed by atoms with van der Waals surface area (Å²) in [4.78, 5) is 2.26. The van der Waals surface area contributed by atoms with E-state index >= 15 is 0 Å². The molecule has 21 heavy (non-hydrogen) atoms. The van der Waals surface area contributed by atoms with Crippen molar-refractivity contribution in [1.82, 2.24) is 4.90 Å². The minimum absolute atomic E-state index is 0.729. The Labute approximate surface area is 129 Å². The van der Waals surface area contributed by atoms with Crippen LogP contribution in [0.4, 0.5) is 11.4 Å². The third-order valence-corrected chi connectivity index (χ3v) is 3.33. The first-order valence-electron chi connectivity index (χ1n) is 7.49. The van der Waals surface area contributed by atoms with E-state index in [4.69, 9.17) is 11.5 Å². The Kier molecular flexibility index (Phi) is 7.03. The highest BCUT2D eigenvalue weighted by atomic mass is 15.1. The number of rotatable bonds is 7. The molecule has 0 radical (unpaired) electrons.